The van der Waals surface area contributed by atoms with Crippen molar-refractivity contribution >= 4 is 15.9 Å². The fraction of sp³-hybridized carbons (Fsp3) is 0.571. The van der Waals surface area contributed by atoms with Crippen molar-refractivity contribution in [2.45, 2.75) is 25.2 Å². The zero-order valence-electron chi connectivity index (χ0n) is 6.60. The van der Waals surface area contributed by atoms with Gasteiger partial charge in [-0.25, -0.2) is 8.78 Å². The maximum absolute atomic E-state index is 12.4. The van der Waals surface area contributed by atoms with Gasteiger partial charge < -0.3 is 0 Å². The van der Waals surface area contributed by atoms with Gasteiger partial charge in [0.25, 0.3) is 6.43 Å². The number of hydrogen-bond donors (Lipinski definition) is 0. The van der Waals surface area contributed by atoms with Crippen LogP contribution in [0.15, 0.2) is 6.20 Å². The van der Waals surface area contributed by atoms with E-state index in [1.54, 1.807) is 6.92 Å². The first kappa shape index (κ1) is 9.64. The minimum atomic E-state index is -2.44. The Balaban J connectivity index is 3.07. The second-order valence-corrected chi connectivity index (χ2v) is 2.87. The zero-order chi connectivity index (χ0) is 9.14. The fourth-order valence-corrected chi connectivity index (χ4v) is 1.47. The first-order chi connectivity index (χ1) is 5.70. The number of nitrogens with zero attached hydrogens (tertiary/aromatic N) is 2. The third kappa shape index (κ3) is 1.65. The molecule has 2 nitrogen and oxygen atoms in total. The Morgan fingerprint density at radius 1 is 1.67 bits per heavy atom. The summed E-state index contributed by atoms with van der Waals surface area (Å²) in [4.78, 5) is 0. The van der Waals surface area contributed by atoms with Crippen molar-refractivity contribution < 1.29 is 8.78 Å². The van der Waals surface area contributed by atoms with E-state index in [4.69, 9.17) is 0 Å². The summed E-state index contributed by atoms with van der Waals surface area (Å²) in [5.74, 6) is 0. The van der Waals surface area contributed by atoms with E-state index in [9.17, 15) is 8.78 Å². The maximum atomic E-state index is 12.4. The van der Waals surface area contributed by atoms with Gasteiger partial charge in [-0.1, -0.05) is 15.9 Å². The molecular formula is C7H9BrF2N2. The summed E-state index contributed by atoms with van der Waals surface area (Å²) in [6.07, 6.45) is -0.972. The summed E-state index contributed by atoms with van der Waals surface area (Å²) in [5.41, 5.74) is 0.584. The van der Waals surface area contributed by atoms with Crippen molar-refractivity contribution in [3.05, 3.63) is 17.5 Å². The Hall–Kier alpha value is -0.450. The maximum Gasteiger partial charge on any atom is 0.280 e. The van der Waals surface area contributed by atoms with Crippen LogP contribution in [0.5, 0.6) is 0 Å². The van der Waals surface area contributed by atoms with E-state index in [1.165, 1.54) is 10.9 Å². The molecule has 0 aliphatic rings. The van der Waals surface area contributed by atoms with Gasteiger partial charge in [0, 0.05) is 17.4 Å². The molecule has 0 fully saturated rings. The van der Waals surface area contributed by atoms with Crippen molar-refractivity contribution in [3.63, 3.8) is 0 Å². The lowest BCUT2D eigenvalue weighted by Crippen LogP contribution is -2.04. The molecule has 12 heavy (non-hydrogen) atoms. The lowest BCUT2D eigenvalue weighted by molar-refractivity contribution is 0.138. The fourth-order valence-electron chi connectivity index (χ4n) is 1.04. The van der Waals surface area contributed by atoms with Crippen LogP contribution in [0.3, 0.4) is 0 Å². The Labute approximate surface area is 77.7 Å². The molecule has 0 saturated heterocycles. The highest BCUT2D eigenvalue weighted by Gasteiger charge is 2.17. The topological polar surface area (TPSA) is 17.8 Å². The van der Waals surface area contributed by atoms with Crippen molar-refractivity contribution in [2.75, 3.05) is 0 Å². The Morgan fingerprint density at radius 3 is 2.75 bits per heavy atom. The second-order valence-electron chi connectivity index (χ2n) is 2.31. The highest BCUT2D eigenvalue weighted by Crippen LogP contribution is 2.24. The number of halogens is 3. The van der Waals surface area contributed by atoms with Gasteiger partial charge in [0.15, 0.2) is 0 Å². The van der Waals surface area contributed by atoms with Crippen LogP contribution in [-0.2, 0) is 11.9 Å². The van der Waals surface area contributed by atoms with E-state index < -0.39 is 6.43 Å². The molecule has 0 atom stereocenters. The second kappa shape index (κ2) is 3.98. The summed E-state index contributed by atoms with van der Waals surface area (Å²) in [6.45, 7) is 2.27. The average Bonchev–Trinajstić information content (AvgIpc) is 2.46. The molecule has 0 spiro atoms. The molecule has 0 radical (unpaired) electrons. The Morgan fingerprint density at radius 2 is 2.33 bits per heavy atom. The van der Waals surface area contributed by atoms with Gasteiger partial charge in [0.05, 0.1) is 6.20 Å². The Kier molecular flexibility index (Phi) is 3.20. The molecule has 0 amide bonds. The van der Waals surface area contributed by atoms with Gasteiger partial charge in [-0.2, -0.15) is 5.10 Å². The third-order valence-electron chi connectivity index (χ3n) is 1.61. The molecule has 0 aliphatic carbocycles. The minimum absolute atomic E-state index is 0.0226. The monoisotopic (exact) mass is 238 g/mol. The van der Waals surface area contributed by atoms with Crippen molar-refractivity contribution in [1.82, 2.24) is 9.78 Å². The SMILES string of the molecule is CCn1ncc(CBr)c1C(F)F. The normalized spacial score (nSPS) is 11.1. The summed E-state index contributed by atoms with van der Waals surface area (Å²) >= 11 is 3.13. The van der Waals surface area contributed by atoms with E-state index in [2.05, 4.69) is 21.0 Å². The smallest absolute Gasteiger partial charge is 0.264 e. The van der Waals surface area contributed by atoms with Crippen LogP contribution in [0.4, 0.5) is 8.78 Å². The molecule has 0 unspecified atom stereocenters. The molecule has 1 aromatic heterocycles. The van der Waals surface area contributed by atoms with Gasteiger partial charge >= 0.3 is 0 Å². The number of hydrogen-bond acceptors (Lipinski definition) is 1. The van der Waals surface area contributed by atoms with E-state index in [-0.39, 0.29) is 5.69 Å². The number of rotatable bonds is 3. The highest BCUT2D eigenvalue weighted by molar-refractivity contribution is 9.08. The molecule has 1 heterocycles. The molecule has 0 saturated carbocycles. The van der Waals surface area contributed by atoms with Gasteiger partial charge in [0.2, 0.25) is 0 Å². The minimum Gasteiger partial charge on any atom is -0.264 e. The van der Waals surface area contributed by atoms with Gasteiger partial charge in [-0.15, -0.1) is 0 Å². The number of aryl methyl sites for hydroxylation is 1. The van der Waals surface area contributed by atoms with Gasteiger partial charge in [0.1, 0.15) is 5.69 Å². The lowest BCUT2D eigenvalue weighted by atomic mass is 10.3. The molecule has 5 heteroatoms. The van der Waals surface area contributed by atoms with Crippen LogP contribution in [-0.4, -0.2) is 9.78 Å². The average molecular weight is 239 g/mol. The van der Waals surface area contributed by atoms with Crippen LogP contribution >= 0.6 is 15.9 Å². The number of aromatic nitrogens is 2. The standard InChI is InChI=1S/C7H9BrF2N2/c1-2-12-6(7(9)10)5(3-8)4-11-12/h4,7H,2-3H2,1H3. The molecule has 0 aromatic carbocycles. The van der Waals surface area contributed by atoms with Crippen molar-refractivity contribution in [2.24, 2.45) is 0 Å². The molecule has 0 bridgehead atoms. The van der Waals surface area contributed by atoms with Crippen molar-refractivity contribution in [1.29, 1.82) is 0 Å². The van der Waals surface area contributed by atoms with Crippen LogP contribution < -0.4 is 0 Å². The quantitative estimate of drug-likeness (QED) is 0.741. The lowest BCUT2D eigenvalue weighted by Gasteiger charge is -2.04. The van der Waals surface area contributed by atoms with Crippen LogP contribution in [0, 0.1) is 0 Å². The van der Waals surface area contributed by atoms with E-state index in [0.717, 1.165) is 0 Å². The van der Waals surface area contributed by atoms with Gasteiger partial charge in [-0.05, 0) is 6.92 Å². The summed E-state index contributed by atoms with van der Waals surface area (Å²) in [7, 11) is 0. The largest absolute Gasteiger partial charge is 0.280 e. The van der Waals surface area contributed by atoms with Gasteiger partial charge in [-0.3, -0.25) is 4.68 Å². The molecule has 1 rings (SSSR count). The van der Waals surface area contributed by atoms with E-state index in [0.29, 0.717) is 17.4 Å². The van der Waals surface area contributed by atoms with Crippen LogP contribution in [0.1, 0.15) is 24.6 Å². The third-order valence-corrected chi connectivity index (χ3v) is 2.21. The number of alkyl halides is 3. The first-order valence-corrected chi connectivity index (χ1v) is 4.71. The molecule has 68 valence electrons. The predicted molar refractivity (Wildman–Crippen MR) is 45.5 cm³/mol. The summed E-state index contributed by atoms with van der Waals surface area (Å²) < 4.78 is 26.1. The first-order valence-electron chi connectivity index (χ1n) is 3.59. The molecule has 0 N–H and O–H groups in total. The Bertz CT molecular complexity index is 238. The van der Waals surface area contributed by atoms with E-state index in [1.807, 2.05) is 0 Å². The molecule has 1 aromatic rings. The molecular weight excluding hydrogens is 230 g/mol. The highest BCUT2D eigenvalue weighted by atomic mass is 79.9. The van der Waals surface area contributed by atoms with E-state index >= 15 is 0 Å². The van der Waals surface area contributed by atoms with Crippen molar-refractivity contribution in [3.8, 4) is 0 Å². The zero-order valence-corrected chi connectivity index (χ0v) is 8.18. The van der Waals surface area contributed by atoms with Crippen LogP contribution in [0.25, 0.3) is 0 Å². The summed E-state index contributed by atoms with van der Waals surface area (Å²) in [5, 5.41) is 4.26. The predicted octanol–water partition coefficient (Wildman–Crippen LogP) is 2.74. The summed E-state index contributed by atoms with van der Waals surface area (Å²) in [6, 6.07) is 0. The van der Waals surface area contributed by atoms with Crippen LogP contribution in [0.2, 0.25) is 0 Å². The molecule has 0 aliphatic heterocycles.